The Kier molecular flexibility index (Phi) is 4.84. The van der Waals surface area contributed by atoms with Gasteiger partial charge in [-0.15, -0.1) is 0 Å². The molecule has 3 rings (SSSR count). The lowest BCUT2D eigenvalue weighted by Crippen LogP contribution is -2.38. The van der Waals surface area contributed by atoms with Gasteiger partial charge in [-0.05, 0) is 48.8 Å². The molecule has 1 aromatic carbocycles. The molecular formula is C19H30N2. The fourth-order valence-electron chi connectivity index (χ4n) is 4.23. The number of benzene rings is 1. The second-order valence-corrected chi connectivity index (χ2v) is 7.26. The van der Waals surface area contributed by atoms with E-state index < -0.39 is 0 Å². The number of hydrogen-bond donors (Lipinski definition) is 1. The number of rotatable bonds is 4. The lowest BCUT2D eigenvalue weighted by molar-refractivity contribution is 0.143. The van der Waals surface area contributed by atoms with E-state index >= 15 is 0 Å². The molecule has 3 atom stereocenters. The first-order valence-electron chi connectivity index (χ1n) is 8.72. The van der Waals surface area contributed by atoms with E-state index in [0.717, 1.165) is 24.4 Å². The standard InChI is InChI=1S/C19H30N2/c1-21(2)19-11-7-15(8-12-19)14-20-18-10-9-16-5-3-4-6-17(16)13-18/h7-8,11-12,16-18,20H,3-6,9-10,13-14H2,1-2H3. The van der Waals surface area contributed by atoms with Crippen LogP contribution in [0.5, 0.6) is 0 Å². The van der Waals surface area contributed by atoms with Crippen molar-refractivity contribution in [3.8, 4) is 0 Å². The molecule has 0 heterocycles. The summed E-state index contributed by atoms with van der Waals surface area (Å²) < 4.78 is 0. The van der Waals surface area contributed by atoms with E-state index in [1.165, 1.54) is 56.2 Å². The number of anilines is 1. The van der Waals surface area contributed by atoms with Crippen molar-refractivity contribution >= 4 is 5.69 Å². The summed E-state index contributed by atoms with van der Waals surface area (Å²) in [6.45, 7) is 1.02. The van der Waals surface area contributed by atoms with Crippen LogP contribution in [-0.2, 0) is 6.54 Å². The highest BCUT2D eigenvalue weighted by atomic mass is 15.1. The van der Waals surface area contributed by atoms with Crippen LogP contribution in [0.25, 0.3) is 0 Å². The van der Waals surface area contributed by atoms with Crippen LogP contribution in [0.1, 0.15) is 50.5 Å². The maximum absolute atomic E-state index is 3.81. The number of nitrogens with one attached hydrogen (secondary N) is 1. The zero-order valence-corrected chi connectivity index (χ0v) is 13.6. The van der Waals surface area contributed by atoms with E-state index in [1.807, 2.05) is 0 Å². The Morgan fingerprint density at radius 3 is 2.38 bits per heavy atom. The van der Waals surface area contributed by atoms with Crippen LogP contribution in [0.3, 0.4) is 0 Å². The average molecular weight is 286 g/mol. The lowest BCUT2D eigenvalue weighted by atomic mass is 9.69. The maximum atomic E-state index is 3.81. The van der Waals surface area contributed by atoms with Gasteiger partial charge in [0, 0.05) is 32.4 Å². The fraction of sp³-hybridized carbons (Fsp3) is 0.684. The molecule has 1 N–H and O–H groups in total. The normalized spacial score (nSPS) is 29.0. The van der Waals surface area contributed by atoms with E-state index in [2.05, 4.69) is 48.6 Å². The molecule has 0 radical (unpaired) electrons. The molecule has 2 aliphatic rings. The third-order valence-corrected chi connectivity index (χ3v) is 5.59. The molecule has 2 nitrogen and oxygen atoms in total. The van der Waals surface area contributed by atoms with E-state index in [-0.39, 0.29) is 0 Å². The van der Waals surface area contributed by atoms with Crippen molar-refractivity contribution < 1.29 is 0 Å². The van der Waals surface area contributed by atoms with Gasteiger partial charge in [0.1, 0.15) is 0 Å². The molecule has 2 aliphatic carbocycles. The average Bonchev–Trinajstić information content (AvgIpc) is 2.53. The molecule has 2 fully saturated rings. The predicted molar refractivity (Wildman–Crippen MR) is 90.7 cm³/mol. The van der Waals surface area contributed by atoms with Gasteiger partial charge in [-0.2, -0.15) is 0 Å². The topological polar surface area (TPSA) is 15.3 Å². The molecule has 2 heteroatoms. The van der Waals surface area contributed by atoms with E-state index in [9.17, 15) is 0 Å². The maximum Gasteiger partial charge on any atom is 0.0361 e. The number of nitrogens with zero attached hydrogens (tertiary/aromatic N) is 1. The first kappa shape index (κ1) is 14.9. The molecular weight excluding hydrogens is 256 g/mol. The van der Waals surface area contributed by atoms with Crippen LogP contribution in [0.2, 0.25) is 0 Å². The Morgan fingerprint density at radius 2 is 1.67 bits per heavy atom. The summed E-state index contributed by atoms with van der Waals surface area (Å²) in [5, 5.41) is 3.81. The van der Waals surface area contributed by atoms with Gasteiger partial charge in [0.05, 0.1) is 0 Å². The Balaban J connectivity index is 1.48. The van der Waals surface area contributed by atoms with Gasteiger partial charge >= 0.3 is 0 Å². The Morgan fingerprint density at radius 1 is 0.952 bits per heavy atom. The van der Waals surface area contributed by atoms with Crippen molar-refractivity contribution in [2.24, 2.45) is 11.8 Å². The van der Waals surface area contributed by atoms with Crippen LogP contribution < -0.4 is 10.2 Å². The highest BCUT2D eigenvalue weighted by Gasteiger charge is 2.31. The number of hydrogen-bond acceptors (Lipinski definition) is 2. The van der Waals surface area contributed by atoms with Crippen LogP contribution >= 0.6 is 0 Å². The minimum Gasteiger partial charge on any atom is -0.378 e. The summed E-state index contributed by atoms with van der Waals surface area (Å²) in [6, 6.07) is 9.70. The first-order chi connectivity index (χ1) is 10.2. The molecule has 0 amide bonds. The van der Waals surface area contributed by atoms with Crippen LogP contribution in [0.15, 0.2) is 24.3 Å². The molecule has 3 unspecified atom stereocenters. The quantitative estimate of drug-likeness (QED) is 0.892. The van der Waals surface area contributed by atoms with Gasteiger partial charge in [0.15, 0.2) is 0 Å². The van der Waals surface area contributed by atoms with Crippen LogP contribution in [0, 0.1) is 11.8 Å². The van der Waals surface area contributed by atoms with Crippen molar-refractivity contribution in [3.63, 3.8) is 0 Å². The van der Waals surface area contributed by atoms with E-state index in [4.69, 9.17) is 0 Å². The Labute approximate surface area is 129 Å². The SMILES string of the molecule is CN(C)c1ccc(CNC2CCC3CCCCC3C2)cc1. The van der Waals surface area contributed by atoms with E-state index in [1.54, 1.807) is 0 Å². The molecule has 0 aromatic heterocycles. The zero-order chi connectivity index (χ0) is 14.7. The summed E-state index contributed by atoms with van der Waals surface area (Å²) in [6.07, 6.45) is 10.2. The van der Waals surface area contributed by atoms with E-state index in [0.29, 0.717) is 0 Å². The smallest absolute Gasteiger partial charge is 0.0361 e. The second kappa shape index (κ2) is 6.83. The largest absolute Gasteiger partial charge is 0.378 e. The van der Waals surface area contributed by atoms with Crippen molar-refractivity contribution in [1.29, 1.82) is 0 Å². The summed E-state index contributed by atoms with van der Waals surface area (Å²) in [7, 11) is 4.19. The highest BCUT2D eigenvalue weighted by Crippen LogP contribution is 2.40. The van der Waals surface area contributed by atoms with Crippen molar-refractivity contribution in [3.05, 3.63) is 29.8 Å². The molecule has 116 valence electrons. The van der Waals surface area contributed by atoms with Gasteiger partial charge in [-0.3, -0.25) is 0 Å². The summed E-state index contributed by atoms with van der Waals surface area (Å²) in [5.41, 5.74) is 2.69. The van der Waals surface area contributed by atoms with Crippen molar-refractivity contribution in [2.45, 2.75) is 57.5 Å². The molecule has 0 spiro atoms. The minimum absolute atomic E-state index is 0.748. The summed E-state index contributed by atoms with van der Waals surface area (Å²) in [5.74, 6) is 2.07. The highest BCUT2D eigenvalue weighted by molar-refractivity contribution is 5.45. The van der Waals surface area contributed by atoms with Gasteiger partial charge in [0.2, 0.25) is 0 Å². The monoisotopic (exact) mass is 286 g/mol. The molecule has 21 heavy (non-hydrogen) atoms. The molecule has 1 aromatic rings. The van der Waals surface area contributed by atoms with Gasteiger partial charge in [-0.25, -0.2) is 0 Å². The first-order valence-corrected chi connectivity index (χ1v) is 8.72. The third kappa shape index (κ3) is 3.79. The number of fused-ring (bicyclic) bond motifs is 1. The molecule has 0 bridgehead atoms. The predicted octanol–water partition coefficient (Wildman–Crippen LogP) is 4.20. The molecule has 2 saturated carbocycles. The van der Waals surface area contributed by atoms with Crippen LogP contribution in [-0.4, -0.2) is 20.1 Å². The summed E-state index contributed by atoms with van der Waals surface area (Å²) >= 11 is 0. The van der Waals surface area contributed by atoms with Gasteiger partial charge in [-0.1, -0.05) is 37.8 Å². The van der Waals surface area contributed by atoms with Gasteiger partial charge in [0.25, 0.3) is 0 Å². The summed E-state index contributed by atoms with van der Waals surface area (Å²) in [4.78, 5) is 2.15. The van der Waals surface area contributed by atoms with Crippen molar-refractivity contribution in [1.82, 2.24) is 5.32 Å². The van der Waals surface area contributed by atoms with Crippen molar-refractivity contribution in [2.75, 3.05) is 19.0 Å². The fourth-order valence-corrected chi connectivity index (χ4v) is 4.23. The lowest BCUT2D eigenvalue weighted by Gasteiger charge is -2.39. The Hall–Kier alpha value is -1.02. The Bertz CT molecular complexity index is 437. The molecule has 0 aliphatic heterocycles. The molecule has 0 saturated heterocycles. The second-order valence-electron chi connectivity index (χ2n) is 7.26. The zero-order valence-electron chi connectivity index (χ0n) is 13.6. The minimum atomic E-state index is 0.748. The van der Waals surface area contributed by atoms with Gasteiger partial charge < -0.3 is 10.2 Å². The third-order valence-electron chi connectivity index (χ3n) is 5.59. The van der Waals surface area contributed by atoms with Crippen LogP contribution in [0.4, 0.5) is 5.69 Å².